The SMILES string of the molecule is Cc1ccc(N2CC[C@H](C(=O)N3CCn4c(C)nnc4C3)C2=O)cc1. The third-order valence-electron chi connectivity index (χ3n) is 5.10. The molecule has 0 radical (unpaired) electrons. The van der Waals surface area contributed by atoms with Crippen LogP contribution in [0, 0.1) is 19.8 Å². The number of hydrogen-bond acceptors (Lipinski definition) is 4. The summed E-state index contributed by atoms with van der Waals surface area (Å²) in [4.78, 5) is 29.1. The second-order valence-corrected chi connectivity index (χ2v) is 6.74. The van der Waals surface area contributed by atoms with Crippen molar-refractivity contribution in [1.29, 1.82) is 0 Å². The Labute approximate surface area is 146 Å². The molecule has 0 bridgehead atoms. The molecule has 2 aliphatic rings. The minimum absolute atomic E-state index is 0.0912. The van der Waals surface area contributed by atoms with E-state index >= 15 is 0 Å². The maximum Gasteiger partial charge on any atom is 0.239 e. The van der Waals surface area contributed by atoms with Crippen LogP contribution in [0.5, 0.6) is 0 Å². The number of amides is 2. The van der Waals surface area contributed by atoms with Crippen LogP contribution in [0.25, 0.3) is 0 Å². The van der Waals surface area contributed by atoms with Gasteiger partial charge in [0.2, 0.25) is 11.8 Å². The average Bonchev–Trinajstić information content (AvgIpc) is 3.18. The van der Waals surface area contributed by atoms with Crippen molar-refractivity contribution in [2.24, 2.45) is 5.92 Å². The lowest BCUT2D eigenvalue weighted by molar-refractivity contribution is -0.141. The standard InChI is InChI=1S/C18H21N5O2/c1-12-3-5-14(6-4-12)23-8-7-15(18(23)25)17(24)21-9-10-22-13(2)19-20-16(22)11-21/h3-6,15H,7-11H2,1-2H3/t15-/m1/s1. The van der Waals surface area contributed by atoms with Gasteiger partial charge in [-0.05, 0) is 32.4 Å². The van der Waals surface area contributed by atoms with Gasteiger partial charge in [0, 0.05) is 25.3 Å². The van der Waals surface area contributed by atoms with Gasteiger partial charge in [-0.3, -0.25) is 9.59 Å². The molecule has 3 heterocycles. The lowest BCUT2D eigenvalue weighted by Crippen LogP contribution is -2.44. The zero-order valence-electron chi connectivity index (χ0n) is 14.5. The molecule has 1 atom stereocenters. The number of carbonyl (C=O) groups is 2. The zero-order chi connectivity index (χ0) is 17.6. The number of rotatable bonds is 2. The molecule has 0 N–H and O–H groups in total. The molecule has 0 unspecified atom stereocenters. The first-order chi connectivity index (χ1) is 12.0. The Hall–Kier alpha value is -2.70. The fourth-order valence-corrected chi connectivity index (χ4v) is 3.60. The Kier molecular flexibility index (Phi) is 3.78. The molecule has 1 fully saturated rings. The van der Waals surface area contributed by atoms with Crippen molar-refractivity contribution in [3.63, 3.8) is 0 Å². The van der Waals surface area contributed by atoms with E-state index in [1.807, 2.05) is 42.7 Å². The van der Waals surface area contributed by atoms with Gasteiger partial charge < -0.3 is 14.4 Å². The van der Waals surface area contributed by atoms with Crippen molar-refractivity contribution in [3.05, 3.63) is 41.5 Å². The van der Waals surface area contributed by atoms with Crippen LogP contribution in [-0.2, 0) is 22.7 Å². The summed E-state index contributed by atoms with van der Waals surface area (Å²) in [5, 5.41) is 8.19. The van der Waals surface area contributed by atoms with Crippen LogP contribution in [-0.4, -0.2) is 44.6 Å². The Morgan fingerprint density at radius 3 is 2.60 bits per heavy atom. The van der Waals surface area contributed by atoms with Crippen LogP contribution in [0.1, 0.15) is 23.6 Å². The van der Waals surface area contributed by atoms with E-state index in [1.54, 1.807) is 9.80 Å². The Bertz CT molecular complexity index is 826. The van der Waals surface area contributed by atoms with Crippen molar-refractivity contribution >= 4 is 17.5 Å². The number of carbonyl (C=O) groups excluding carboxylic acids is 2. The van der Waals surface area contributed by atoms with Gasteiger partial charge >= 0.3 is 0 Å². The predicted octanol–water partition coefficient (Wildman–Crippen LogP) is 1.29. The fourth-order valence-electron chi connectivity index (χ4n) is 3.60. The van der Waals surface area contributed by atoms with E-state index in [9.17, 15) is 9.59 Å². The fraction of sp³-hybridized carbons (Fsp3) is 0.444. The van der Waals surface area contributed by atoms with E-state index in [-0.39, 0.29) is 11.8 Å². The van der Waals surface area contributed by atoms with Crippen LogP contribution in [0.2, 0.25) is 0 Å². The number of benzene rings is 1. The second kappa shape index (κ2) is 5.98. The van der Waals surface area contributed by atoms with Gasteiger partial charge in [-0.2, -0.15) is 0 Å². The molecule has 7 nitrogen and oxygen atoms in total. The predicted molar refractivity (Wildman–Crippen MR) is 91.8 cm³/mol. The average molecular weight is 339 g/mol. The zero-order valence-corrected chi connectivity index (χ0v) is 14.5. The highest BCUT2D eigenvalue weighted by molar-refractivity contribution is 6.09. The molecule has 1 aromatic heterocycles. The molecule has 0 aliphatic carbocycles. The first kappa shape index (κ1) is 15.8. The van der Waals surface area contributed by atoms with Crippen molar-refractivity contribution in [1.82, 2.24) is 19.7 Å². The number of aromatic nitrogens is 3. The van der Waals surface area contributed by atoms with Gasteiger partial charge in [0.25, 0.3) is 0 Å². The summed E-state index contributed by atoms with van der Waals surface area (Å²) in [6.45, 7) is 6.21. The summed E-state index contributed by atoms with van der Waals surface area (Å²) in [5.74, 6) is 0.878. The topological polar surface area (TPSA) is 71.3 Å². The molecule has 2 aromatic rings. The number of fused-ring (bicyclic) bond motifs is 1. The van der Waals surface area contributed by atoms with Gasteiger partial charge in [-0.25, -0.2) is 0 Å². The molecule has 2 amide bonds. The monoisotopic (exact) mass is 339 g/mol. The van der Waals surface area contributed by atoms with E-state index in [1.165, 1.54) is 0 Å². The van der Waals surface area contributed by atoms with Gasteiger partial charge in [0.15, 0.2) is 5.82 Å². The summed E-state index contributed by atoms with van der Waals surface area (Å²) in [6, 6.07) is 7.84. The Morgan fingerprint density at radius 1 is 1.08 bits per heavy atom. The van der Waals surface area contributed by atoms with E-state index in [0.29, 0.717) is 32.6 Å². The van der Waals surface area contributed by atoms with Gasteiger partial charge in [0.05, 0.1) is 6.54 Å². The first-order valence-corrected chi connectivity index (χ1v) is 8.60. The highest BCUT2D eigenvalue weighted by Gasteiger charge is 2.40. The highest BCUT2D eigenvalue weighted by atomic mass is 16.2. The summed E-state index contributed by atoms with van der Waals surface area (Å²) < 4.78 is 2.03. The molecule has 1 aromatic carbocycles. The largest absolute Gasteiger partial charge is 0.333 e. The molecule has 7 heteroatoms. The number of nitrogens with zero attached hydrogens (tertiary/aromatic N) is 5. The minimum atomic E-state index is -0.586. The van der Waals surface area contributed by atoms with E-state index in [2.05, 4.69) is 10.2 Å². The number of hydrogen-bond donors (Lipinski definition) is 0. The van der Waals surface area contributed by atoms with Crippen LogP contribution in [0.4, 0.5) is 5.69 Å². The Morgan fingerprint density at radius 2 is 1.84 bits per heavy atom. The smallest absolute Gasteiger partial charge is 0.239 e. The summed E-state index contributed by atoms with van der Waals surface area (Å²) in [6.07, 6.45) is 0.563. The molecule has 25 heavy (non-hydrogen) atoms. The number of anilines is 1. The van der Waals surface area contributed by atoms with E-state index in [4.69, 9.17) is 0 Å². The maximum atomic E-state index is 12.9. The van der Waals surface area contributed by atoms with E-state index < -0.39 is 5.92 Å². The molecule has 4 rings (SSSR count). The highest BCUT2D eigenvalue weighted by Crippen LogP contribution is 2.27. The molecule has 0 saturated carbocycles. The second-order valence-electron chi connectivity index (χ2n) is 6.74. The van der Waals surface area contributed by atoms with Crippen LogP contribution in [0.3, 0.4) is 0 Å². The normalized spacial score (nSPS) is 20.1. The molecule has 1 saturated heterocycles. The Balaban J connectivity index is 1.48. The van der Waals surface area contributed by atoms with Crippen LogP contribution in [0.15, 0.2) is 24.3 Å². The van der Waals surface area contributed by atoms with Crippen LogP contribution < -0.4 is 4.90 Å². The number of aryl methyl sites for hydroxylation is 2. The van der Waals surface area contributed by atoms with Crippen molar-refractivity contribution in [2.45, 2.75) is 33.4 Å². The van der Waals surface area contributed by atoms with Crippen molar-refractivity contribution in [2.75, 3.05) is 18.0 Å². The van der Waals surface area contributed by atoms with Crippen molar-refractivity contribution in [3.8, 4) is 0 Å². The quantitative estimate of drug-likeness (QED) is 0.773. The van der Waals surface area contributed by atoms with Crippen molar-refractivity contribution < 1.29 is 9.59 Å². The molecule has 2 aliphatic heterocycles. The third kappa shape index (κ3) is 2.69. The van der Waals surface area contributed by atoms with Crippen LogP contribution >= 0.6 is 0 Å². The maximum absolute atomic E-state index is 12.9. The van der Waals surface area contributed by atoms with Gasteiger partial charge in [-0.1, -0.05) is 17.7 Å². The molecule has 0 spiro atoms. The van der Waals surface area contributed by atoms with Gasteiger partial charge in [0.1, 0.15) is 11.7 Å². The summed E-state index contributed by atoms with van der Waals surface area (Å²) >= 11 is 0. The van der Waals surface area contributed by atoms with Gasteiger partial charge in [-0.15, -0.1) is 10.2 Å². The van der Waals surface area contributed by atoms with E-state index in [0.717, 1.165) is 22.9 Å². The molecular weight excluding hydrogens is 318 g/mol. The third-order valence-corrected chi connectivity index (χ3v) is 5.10. The minimum Gasteiger partial charge on any atom is -0.333 e. The molecular formula is C18H21N5O2. The molecule has 130 valence electrons. The lowest BCUT2D eigenvalue weighted by atomic mass is 10.1. The first-order valence-electron chi connectivity index (χ1n) is 8.60. The summed E-state index contributed by atoms with van der Waals surface area (Å²) in [7, 11) is 0. The summed E-state index contributed by atoms with van der Waals surface area (Å²) in [5.41, 5.74) is 2.01. The lowest BCUT2D eigenvalue weighted by Gasteiger charge is -2.29.